The van der Waals surface area contributed by atoms with Crippen molar-refractivity contribution in [1.82, 2.24) is 15.0 Å². The Bertz CT molecular complexity index is 876. The van der Waals surface area contributed by atoms with Gasteiger partial charge in [-0.3, -0.25) is 0 Å². The van der Waals surface area contributed by atoms with E-state index in [9.17, 15) is 0 Å². The van der Waals surface area contributed by atoms with E-state index in [1.54, 1.807) is 18.6 Å². The number of rotatable bonds is 3. The first-order valence-electron chi connectivity index (χ1n) is 9.09. The van der Waals surface area contributed by atoms with Crippen molar-refractivity contribution in [3.05, 3.63) is 40.9 Å². The molecule has 0 bridgehead atoms. The van der Waals surface area contributed by atoms with Gasteiger partial charge < -0.3 is 9.80 Å². The highest BCUT2D eigenvalue weighted by molar-refractivity contribution is 6.33. The Balaban J connectivity index is 1.29. The van der Waals surface area contributed by atoms with E-state index in [-0.39, 0.29) is 0 Å². The van der Waals surface area contributed by atoms with Crippen LogP contribution >= 0.6 is 11.6 Å². The maximum absolute atomic E-state index is 8.97. The third-order valence-corrected chi connectivity index (χ3v) is 6.01. The lowest BCUT2D eigenvalue weighted by Gasteiger charge is -2.23. The van der Waals surface area contributed by atoms with Gasteiger partial charge in [0.05, 0.1) is 10.6 Å². The molecule has 2 saturated heterocycles. The van der Waals surface area contributed by atoms with Crippen LogP contribution in [0.1, 0.15) is 30.0 Å². The van der Waals surface area contributed by atoms with Gasteiger partial charge in [0.15, 0.2) is 0 Å². The molecule has 0 aromatic carbocycles. The molecule has 0 amide bonds. The van der Waals surface area contributed by atoms with Crippen LogP contribution in [0.5, 0.6) is 0 Å². The smallest absolute Gasteiger partial charge is 0.147 e. The Hall–Kier alpha value is -2.39. The first-order chi connectivity index (χ1) is 12.7. The summed E-state index contributed by atoms with van der Waals surface area (Å²) in [6.07, 6.45) is 5.83. The van der Waals surface area contributed by atoms with Gasteiger partial charge in [-0.05, 0) is 18.9 Å². The average molecular weight is 367 g/mol. The third-order valence-electron chi connectivity index (χ3n) is 5.73. The second-order valence-corrected chi connectivity index (χ2v) is 7.95. The third kappa shape index (κ3) is 2.77. The van der Waals surface area contributed by atoms with Gasteiger partial charge in [0.25, 0.3) is 0 Å². The molecule has 6 nitrogen and oxygen atoms in total. The Morgan fingerprint density at radius 3 is 2.38 bits per heavy atom. The molecular weight excluding hydrogens is 348 g/mol. The summed E-state index contributed by atoms with van der Waals surface area (Å²) in [4.78, 5) is 18.0. The van der Waals surface area contributed by atoms with Crippen molar-refractivity contribution in [2.75, 3.05) is 36.0 Å². The van der Waals surface area contributed by atoms with Gasteiger partial charge in [0.1, 0.15) is 24.0 Å². The maximum Gasteiger partial charge on any atom is 0.147 e. The molecule has 7 heteroatoms. The summed E-state index contributed by atoms with van der Waals surface area (Å²) >= 11 is 6.34. The van der Waals surface area contributed by atoms with E-state index in [1.165, 1.54) is 18.5 Å². The Kier molecular flexibility index (Phi) is 3.71. The summed E-state index contributed by atoms with van der Waals surface area (Å²) in [6.45, 7) is 3.91. The van der Waals surface area contributed by atoms with E-state index < -0.39 is 0 Å². The molecule has 132 valence electrons. The summed E-state index contributed by atoms with van der Waals surface area (Å²) < 4.78 is 0. The van der Waals surface area contributed by atoms with Crippen molar-refractivity contribution < 1.29 is 0 Å². The summed E-state index contributed by atoms with van der Waals surface area (Å²) in [5, 5.41) is 9.53. The normalized spacial score (nSPS) is 24.6. The molecular formula is C19H19ClN6. The number of nitrogens with zero attached hydrogens (tertiary/aromatic N) is 6. The molecule has 3 aliphatic rings. The molecule has 0 N–H and O–H groups in total. The van der Waals surface area contributed by atoms with Gasteiger partial charge in [-0.1, -0.05) is 11.6 Å². The van der Waals surface area contributed by atoms with Gasteiger partial charge in [-0.15, -0.1) is 0 Å². The molecule has 0 radical (unpaired) electrons. The fourth-order valence-electron chi connectivity index (χ4n) is 4.21. The Morgan fingerprint density at radius 1 is 1.00 bits per heavy atom. The number of anilines is 2. The van der Waals surface area contributed by atoms with Crippen LogP contribution in [0, 0.1) is 23.2 Å². The summed E-state index contributed by atoms with van der Waals surface area (Å²) in [5.41, 5.74) is 1.70. The molecule has 3 fully saturated rings. The first-order valence-corrected chi connectivity index (χ1v) is 9.46. The topological polar surface area (TPSA) is 68.9 Å². The first kappa shape index (κ1) is 15.8. The zero-order valence-electron chi connectivity index (χ0n) is 14.3. The van der Waals surface area contributed by atoms with Gasteiger partial charge in [-0.2, -0.15) is 5.26 Å². The van der Waals surface area contributed by atoms with E-state index in [4.69, 9.17) is 16.9 Å². The largest absolute Gasteiger partial charge is 0.356 e. The molecule has 4 heterocycles. The van der Waals surface area contributed by atoms with Gasteiger partial charge in [0.2, 0.25) is 0 Å². The van der Waals surface area contributed by atoms with Crippen LogP contribution in [0.15, 0.2) is 24.7 Å². The highest BCUT2D eigenvalue weighted by atomic mass is 35.5. The lowest BCUT2D eigenvalue weighted by Crippen LogP contribution is -2.29. The molecule has 2 atom stereocenters. The number of hydrogen-bond donors (Lipinski definition) is 0. The predicted octanol–water partition coefficient (Wildman–Crippen LogP) is 2.85. The fourth-order valence-corrected chi connectivity index (χ4v) is 4.50. The SMILES string of the molecule is N#Cc1cnc(N2CC3CN(c4cc(C5CC5)ncn4)CC3C2)c(Cl)c1. The number of hydrogen-bond acceptors (Lipinski definition) is 6. The number of halogens is 1. The number of aromatic nitrogens is 3. The van der Waals surface area contributed by atoms with Crippen LogP contribution in [-0.4, -0.2) is 41.1 Å². The van der Waals surface area contributed by atoms with E-state index >= 15 is 0 Å². The zero-order chi connectivity index (χ0) is 17.7. The highest BCUT2D eigenvalue weighted by Crippen LogP contribution is 2.41. The monoisotopic (exact) mass is 366 g/mol. The van der Waals surface area contributed by atoms with Crippen molar-refractivity contribution in [2.24, 2.45) is 11.8 Å². The van der Waals surface area contributed by atoms with Crippen LogP contribution in [0.2, 0.25) is 5.02 Å². The number of fused-ring (bicyclic) bond motifs is 1. The van der Waals surface area contributed by atoms with E-state index in [1.807, 2.05) is 0 Å². The molecule has 5 rings (SSSR count). The molecule has 1 aliphatic carbocycles. The van der Waals surface area contributed by atoms with Crippen molar-refractivity contribution in [3.8, 4) is 6.07 Å². The second kappa shape index (κ2) is 6.10. The zero-order valence-corrected chi connectivity index (χ0v) is 15.1. The molecule has 0 spiro atoms. The van der Waals surface area contributed by atoms with E-state index in [2.05, 4.69) is 36.9 Å². The minimum atomic E-state index is 0.500. The summed E-state index contributed by atoms with van der Waals surface area (Å²) in [5.74, 6) is 3.69. The average Bonchev–Trinajstić information content (AvgIpc) is 3.32. The van der Waals surface area contributed by atoms with Crippen LogP contribution in [0.3, 0.4) is 0 Å². The standard InChI is InChI=1S/C19H19ClN6/c20-16-3-12(5-21)6-22-19(16)26-9-14-7-25(8-15(14)10-26)18-4-17(13-1-2-13)23-11-24-18/h3-4,6,11,13-15H,1-2,7-10H2. The van der Waals surface area contributed by atoms with Crippen LogP contribution in [0.4, 0.5) is 11.6 Å². The predicted molar refractivity (Wildman–Crippen MR) is 99.4 cm³/mol. The summed E-state index contributed by atoms with van der Waals surface area (Å²) in [6, 6.07) is 5.96. The maximum atomic E-state index is 8.97. The lowest BCUT2D eigenvalue weighted by molar-refractivity contribution is 0.533. The minimum absolute atomic E-state index is 0.500. The van der Waals surface area contributed by atoms with Crippen molar-refractivity contribution in [1.29, 1.82) is 5.26 Å². The number of pyridine rings is 1. The second-order valence-electron chi connectivity index (χ2n) is 7.55. The quantitative estimate of drug-likeness (QED) is 0.832. The lowest BCUT2D eigenvalue weighted by atomic mass is 10.0. The molecule has 2 unspecified atom stereocenters. The fraction of sp³-hybridized carbons (Fsp3) is 0.474. The molecule has 2 aliphatic heterocycles. The van der Waals surface area contributed by atoms with Crippen LogP contribution < -0.4 is 9.80 Å². The molecule has 2 aromatic rings. The summed E-state index contributed by atoms with van der Waals surface area (Å²) in [7, 11) is 0. The molecule has 1 saturated carbocycles. The number of nitriles is 1. The van der Waals surface area contributed by atoms with Crippen LogP contribution in [-0.2, 0) is 0 Å². The van der Waals surface area contributed by atoms with Crippen molar-refractivity contribution >= 4 is 23.2 Å². The Labute approximate surface area is 157 Å². The van der Waals surface area contributed by atoms with Crippen molar-refractivity contribution in [3.63, 3.8) is 0 Å². The van der Waals surface area contributed by atoms with E-state index in [0.717, 1.165) is 37.8 Å². The molecule has 26 heavy (non-hydrogen) atoms. The van der Waals surface area contributed by atoms with Crippen LogP contribution in [0.25, 0.3) is 0 Å². The van der Waals surface area contributed by atoms with Gasteiger partial charge in [0, 0.05) is 61.9 Å². The Morgan fingerprint density at radius 2 is 1.73 bits per heavy atom. The van der Waals surface area contributed by atoms with Gasteiger partial charge >= 0.3 is 0 Å². The highest BCUT2D eigenvalue weighted by Gasteiger charge is 2.41. The van der Waals surface area contributed by atoms with Gasteiger partial charge in [-0.25, -0.2) is 15.0 Å². The minimum Gasteiger partial charge on any atom is -0.356 e. The van der Waals surface area contributed by atoms with Crippen molar-refractivity contribution in [2.45, 2.75) is 18.8 Å². The van der Waals surface area contributed by atoms with E-state index in [0.29, 0.717) is 28.3 Å². The molecule has 2 aromatic heterocycles.